The lowest BCUT2D eigenvalue weighted by atomic mass is 10.3. The standard InChI is InChI=1S/C9H22N2O2/c1-4-11(5-2)8-9(12)7-10-13-6-3/h9-10,12H,4-8H2,1-3H3. The third-order valence-corrected chi connectivity index (χ3v) is 1.93. The number of hydrogen-bond donors (Lipinski definition) is 2. The number of hydrogen-bond acceptors (Lipinski definition) is 4. The number of rotatable bonds is 8. The van der Waals surface area contributed by atoms with Crippen LogP contribution in [0.15, 0.2) is 0 Å². The van der Waals surface area contributed by atoms with E-state index in [1.54, 1.807) is 0 Å². The predicted molar refractivity (Wildman–Crippen MR) is 53.4 cm³/mol. The van der Waals surface area contributed by atoms with Gasteiger partial charge in [0.05, 0.1) is 12.7 Å². The maximum Gasteiger partial charge on any atom is 0.0814 e. The fourth-order valence-corrected chi connectivity index (χ4v) is 1.10. The molecule has 0 aromatic carbocycles. The molecule has 0 fully saturated rings. The van der Waals surface area contributed by atoms with Gasteiger partial charge in [0, 0.05) is 13.1 Å². The zero-order valence-corrected chi connectivity index (χ0v) is 8.92. The Bertz CT molecular complexity index is 108. The van der Waals surface area contributed by atoms with Gasteiger partial charge in [-0.1, -0.05) is 13.8 Å². The first-order valence-electron chi connectivity index (χ1n) is 4.99. The topological polar surface area (TPSA) is 44.7 Å². The van der Waals surface area contributed by atoms with Gasteiger partial charge in [0.25, 0.3) is 0 Å². The number of hydroxylamine groups is 1. The summed E-state index contributed by atoms with van der Waals surface area (Å²) in [5, 5.41) is 9.52. The van der Waals surface area contributed by atoms with Crippen LogP contribution < -0.4 is 5.48 Å². The van der Waals surface area contributed by atoms with Crippen LogP contribution in [-0.2, 0) is 4.84 Å². The minimum atomic E-state index is -0.355. The van der Waals surface area contributed by atoms with Gasteiger partial charge in [-0.05, 0) is 20.0 Å². The molecule has 0 saturated heterocycles. The van der Waals surface area contributed by atoms with Crippen molar-refractivity contribution in [3.63, 3.8) is 0 Å². The summed E-state index contributed by atoms with van der Waals surface area (Å²) in [7, 11) is 0. The molecule has 0 bridgehead atoms. The average molecular weight is 190 g/mol. The average Bonchev–Trinajstić information content (AvgIpc) is 2.14. The fraction of sp³-hybridized carbons (Fsp3) is 1.00. The summed E-state index contributed by atoms with van der Waals surface area (Å²) >= 11 is 0. The summed E-state index contributed by atoms with van der Waals surface area (Å²) < 4.78 is 0. The molecule has 1 atom stereocenters. The quantitative estimate of drug-likeness (QED) is 0.425. The second-order valence-corrected chi connectivity index (χ2v) is 2.92. The van der Waals surface area contributed by atoms with Crippen LogP contribution in [0.3, 0.4) is 0 Å². The lowest BCUT2D eigenvalue weighted by Gasteiger charge is -2.21. The van der Waals surface area contributed by atoms with E-state index in [9.17, 15) is 5.11 Å². The molecule has 13 heavy (non-hydrogen) atoms. The van der Waals surface area contributed by atoms with Crippen molar-refractivity contribution in [1.82, 2.24) is 10.4 Å². The third-order valence-electron chi connectivity index (χ3n) is 1.93. The van der Waals surface area contributed by atoms with Gasteiger partial charge in [-0.3, -0.25) is 0 Å². The predicted octanol–water partition coefficient (Wildman–Crippen LogP) is 0.230. The maximum atomic E-state index is 9.52. The molecule has 80 valence electrons. The number of aliphatic hydroxyl groups excluding tert-OH is 1. The van der Waals surface area contributed by atoms with Gasteiger partial charge in [0.15, 0.2) is 0 Å². The van der Waals surface area contributed by atoms with Gasteiger partial charge in [0.1, 0.15) is 0 Å². The largest absolute Gasteiger partial charge is 0.390 e. The van der Waals surface area contributed by atoms with Gasteiger partial charge in [0.2, 0.25) is 0 Å². The van der Waals surface area contributed by atoms with E-state index in [1.165, 1.54) is 0 Å². The molecule has 0 spiro atoms. The summed E-state index contributed by atoms with van der Waals surface area (Å²) in [6.07, 6.45) is -0.355. The van der Waals surface area contributed by atoms with Crippen LogP contribution in [0.5, 0.6) is 0 Å². The molecule has 0 rings (SSSR count). The fourth-order valence-electron chi connectivity index (χ4n) is 1.10. The Balaban J connectivity index is 3.42. The minimum Gasteiger partial charge on any atom is -0.390 e. The van der Waals surface area contributed by atoms with E-state index < -0.39 is 0 Å². The first-order chi connectivity index (χ1) is 6.24. The Hall–Kier alpha value is -0.160. The molecule has 0 saturated carbocycles. The van der Waals surface area contributed by atoms with E-state index in [-0.39, 0.29) is 6.10 Å². The SMILES string of the molecule is CCONCC(O)CN(CC)CC. The zero-order valence-electron chi connectivity index (χ0n) is 8.92. The molecule has 0 aliphatic rings. The van der Waals surface area contributed by atoms with Crippen molar-refractivity contribution in [2.24, 2.45) is 0 Å². The van der Waals surface area contributed by atoms with Crippen LogP contribution in [0.4, 0.5) is 0 Å². The monoisotopic (exact) mass is 190 g/mol. The van der Waals surface area contributed by atoms with E-state index in [4.69, 9.17) is 4.84 Å². The zero-order chi connectivity index (χ0) is 10.1. The number of nitrogens with zero attached hydrogens (tertiary/aromatic N) is 1. The molecule has 1 unspecified atom stereocenters. The Morgan fingerprint density at radius 3 is 2.38 bits per heavy atom. The highest BCUT2D eigenvalue weighted by Crippen LogP contribution is 1.90. The van der Waals surface area contributed by atoms with E-state index in [0.717, 1.165) is 13.1 Å². The Labute approximate surface area is 80.8 Å². The van der Waals surface area contributed by atoms with E-state index in [1.807, 2.05) is 6.92 Å². The smallest absolute Gasteiger partial charge is 0.0814 e. The van der Waals surface area contributed by atoms with Gasteiger partial charge < -0.3 is 14.8 Å². The molecule has 0 aliphatic carbocycles. The second kappa shape index (κ2) is 8.44. The van der Waals surface area contributed by atoms with Crippen LogP contribution in [0.1, 0.15) is 20.8 Å². The molecule has 4 nitrogen and oxygen atoms in total. The second-order valence-electron chi connectivity index (χ2n) is 2.92. The van der Waals surface area contributed by atoms with E-state index >= 15 is 0 Å². The summed E-state index contributed by atoms with van der Waals surface area (Å²) in [6, 6.07) is 0. The molecule has 4 heteroatoms. The highest BCUT2D eigenvalue weighted by molar-refractivity contribution is 4.62. The lowest BCUT2D eigenvalue weighted by Crippen LogP contribution is -2.38. The summed E-state index contributed by atoms with van der Waals surface area (Å²) in [5.41, 5.74) is 2.71. The summed E-state index contributed by atoms with van der Waals surface area (Å²) in [4.78, 5) is 7.10. The van der Waals surface area contributed by atoms with Gasteiger partial charge in [-0.2, -0.15) is 5.48 Å². The van der Waals surface area contributed by atoms with Gasteiger partial charge in [-0.25, -0.2) is 0 Å². The Kier molecular flexibility index (Phi) is 8.33. The molecule has 0 aliphatic heterocycles. The normalized spacial score (nSPS) is 13.6. The Morgan fingerprint density at radius 2 is 1.92 bits per heavy atom. The Morgan fingerprint density at radius 1 is 1.31 bits per heavy atom. The maximum absolute atomic E-state index is 9.52. The highest BCUT2D eigenvalue weighted by Gasteiger charge is 2.07. The third kappa shape index (κ3) is 6.95. The first kappa shape index (κ1) is 12.8. The summed E-state index contributed by atoms with van der Waals surface area (Å²) in [5.74, 6) is 0. The molecule has 0 radical (unpaired) electrons. The van der Waals surface area contributed by atoms with Crippen molar-refractivity contribution in [1.29, 1.82) is 0 Å². The molecule has 0 aromatic rings. The van der Waals surface area contributed by atoms with Crippen LogP contribution in [0.25, 0.3) is 0 Å². The van der Waals surface area contributed by atoms with Crippen molar-refractivity contribution in [3.8, 4) is 0 Å². The molecule has 0 heterocycles. The summed E-state index contributed by atoms with van der Waals surface area (Å²) in [6.45, 7) is 9.85. The van der Waals surface area contributed by atoms with E-state index in [0.29, 0.717) is 19.7 Å². The van der Waals surface area contributed by atoms with Crippen molar-refractivity contribution < 1.29 is 9.94 Å². The molecule has 2 N–H and O–H groups in total. The van der Waals surface area contributed by atoms with Crippen LogP contribution >= 0.6 is 0 Å². The van der Waals surface area contributed by atoms with Crippen molar-refractivity contribution >= 4 is 0 Å². The van der Waals surface area contributed by atoms with Crippen molar-refractivity contribution in [2.45, 2.75) is 26.9 Å². The van der Waals surface area contributed by atoms with Gasteiger partial charge in [-0.15, -0.1) is 0 Å². The van der Waals surface area contributed by atoms with Crippen LogP contribution in [0.2, 0.25) is 0 Å². The lowest BCUT2D eigenvalue weighted by molar-refractivity contribution is 0.0129. The van der Waals surface area contributed by atoms with Crippen LogP contribution in [-0.4, -0.2) is 48.9 Å². The van der Waals surface area contributed by atoms with Crippen molar-refractivity contribution in [2.75, 3.05) is 32.8 Å². The molecular formula is C9H22N2O2. The van der Waals surface area contributed by atoms with Crippen LogP contribution in [0, 0.1) is 0 Å². The highest BCUT2D eigenvalue weighted by atomic mass is 16.6. The molecular weight excluding hydrogens is 168 g/mol. The van der Waals surface area contributed by atoms with Gasteiger partial charge >= 0.3 is 0 Å². The first-order valence-corrected chi connectivity index (χ1v) is 4.99. The number of aliphatic hydroxyl groups is 1. The van der Waals surface area contributed by atoms with E-state index in [2.05, 4.69) is 24.2 Å². The minimum absolute atomic E-state index is 0.355. The number of nitrogens with one attached hydrogen (secondary N) is 1. The van der Waals surface area contributed by atoms with Crippen molar-refractivity contribution in [3.05, 3.63) is 0 Å². The molecule has 0 aromatic heterocycles. The molecule has 0 amide bonds. The number of likely N-dealkylation sites (N-methyl/N-ethyl adjacent to an activating group) is 1.